The Kier molecular flexibility index (Phi) is 1.31. The van der Waals surface area contributed by atoms with Gasteiger partial charge in [0.15, 0.2) is 0 Å². The first-order valence-electron chi connectivity index (χ1n) is 4.98. The summed E-state index contributed by atoms with van der Waals surface area (Å²) in [4.78, 5) is 0. The summed E-state index contributed by atoms with van der Waals surface area (Å²) in [6.07, 6.45) is 16.9. The second-order valence-corrected chi connectivity index (χ2v) is 4.21. The Morgan fingerprint density at radius 2 is 1.17 bits per heavy atom. The van der Waals surface area contributed by atoms with E-state index in [1.165, 1.54) is 12.8 Å². The molecule has 0 N–H and O–H groups in total. The molecule has 62 valence electrons. The lowest BCUT2D eigenvalue weighted by Gasteiger charge is -2.46. The molecule has 0 aliphatic heterocycles. The van der Waals surface area contributed by atoms with Crippen molar-refractivity contribution < 1.29 is 0 Å². The van der Waals surface area contributed by atoms with Gasteiger partial charge in [-0.25, -0.2) is 0 Å². The van der Waals surface area contributed by atoms with Crippen molar-refractivity contribution >= 4 is 0 Å². The molecule has 0 spiro atoms. The van der Waals surface area contributed by atoms with Gasteiger partial charge in [0.2, 0.25) is 0 Å². The van der Waals surface area contributed by atoms with Crippen LogP contribution < -0.4 is 0 Å². The molecule has 4 rings (SSSR count). The molecule has 0 saturated heterocycles. The van der Waals surface area contributed by atoms with Crippen molar-refractivity contribution in [2.24, 2.45) is 23.7 Å². The third-order valence-electron chi connectivity index (χ3n) is 3.71. The summed E-state index contributed by atoms with van der Waals surface area (Å²) in [7, 11) is 0. The lowest BCUT2D eigenvalue weighted by atomic mass is 9.58. The predicted octanol–water partition coefficient (Wildman–Crippen LogP) is 2.94. The monoisotopic (exact) mass is 158 g/mol. The molecule has 0 aromatic rings. The minimum absolute atomic E-state index is 0.755. The van der Waals surface area contributed by atoms with Crippen LogP contribution in [-0.2, 0) is 0 Å². The van der Waals surface area contributed by atoms with E-state index in [0.717, 1.165) is 23.7 Å². The van der Waals surface area contributed by atoms with Gasteiger partial charge < -0.3 is 0 Å². The van der Waals surface area contributed by atoms with Gasteiger partial charge in [-0.1, -0.05) is 36.5 Å². The largest absolute Gasteiger partial charge is 0.0807 e. The average Bonchev–Trinajstić information content (AvgIpc) is 1.96. The number of hydrogen-bond acceptors (Lipinski definition) is 0. The van der Waals surface area contributed by atoms with Crippen LogP contribution in [0, 0.1) is 23.7 Å². The maximum atomic E-state index is 2.41. The van der Waals surface area contributed by atoms with E-state index in [0.29, 0.717) is 0 Å². The van der Waals surface area contributed by atoms with E-state index in [1.54, 1.807) is 0 Å². The van der Waals surface area contributed by atoms with E-state index < -0.39 is 0 Å². The fourth-order valence-electron chi connectivity index (χ4n) is 2.85. The SMILES string of the molecule is C1=CC2C=CC(C=C1)C1CCC21. The highest BCUT2D eigenvalue weighted by molar-refractivity contribution is 5.24. The predicted molar refractivity (Wildman–Crippen MR) is 50.6 cm³/mol. The van der Waals surface area contributed by atoms with E-state index in [4.69, 9.17) is 0 Å². The van der Waals surface area contributed by atoms with Gasteiger partial charge in [-0.05, 0) is 36.5 Å². The maximum absolute atomic E-state index is 2.41. The molecule has 4 atom stereocenters. The minimum atomic E-state index is 0.755. The van der Waals surface area contributed by atoms with E-state index in [-0.39, 0.29) is 0 Å². The summed E-state index contributed by atoms with van der Waals surface area (Å²) in [5.41, 5.74) is 0. The summed E-state index contributed by atoms with van der Waals surface area (Å²) in [6.45, 7) is 0. The summed E-state index contributed by atoms with van der Waals surface area (Å²) in [5.74, 6) is 3.46. The normalized spacial score (nSPS) is 48.0. The molecule has 4 aliphatic carbocycles. The first-order valence-corrected chi connectivity index (χ1v) is 4.98. The second kappa shape index (κ2) is 2.35. The molecule has 0 radical (unpaired) electrons. The standard InChI is InChI=1S/C12H14/c1-2-4-10-6-5-9(3-1)11-7-8-12(10)11/h1-6,9-12H,7-8H2. The third kappa shape index (κ3) is 0.782. The number of hydrogen-bond donors (Lipinski definition) is 0. The molecule has 0 heteroatoms. The van der Waals surface area contributed by atoms with Crippen LogP contribution in [0.2, 0.25) is 0 Å². The van der Waals surface area contributed by atoms with Gasteiger partial charge in [-0.3, -0.25) is 0 Å². The molecule has 12 heavy (non-hydrogen) atoms. The molecule has 4 aliphatic rings. The fourth-order valence-corrected chi connectivity index (χ4v) is 2.85. The number of fused-ring (bicyclic) bond motifs is 1. The lowest BCUT2D eigenvalue weighted by molar-refractivity contribution is 0.109. The maximum Gasteiger partial charge on any atom is -0.00189 e. The average molecular weight is 158 g/mol. The molecular formula is C12H14. The fraction of sp³-hybridized carbons (Fsp3) is 0.500. The molecule has 2 bridgehead atoms. The van der Waals surface area contributed by atoms with Crippen molar-refractivity contribution in [1.29, 1.82) is 0 Å². The summed E-state index contributed by atoms with van der Waals surface area (Å²) in [6, 6.07) is 0. The van der Waals surface area contributed by atoms with Gasteiger partial charge in [-0.15, -0.1) is 0 Å². The third-order valence-corrected chi connectivity index (χ3v) is 3.71. The summed E-state index contributed by atoms with van der Waals surface area (Å²) < 4.78 is 0. The molecule has 0 nitrogen and oxygen atoms in total. The zero-order valence-electron chi connectivity index (χ0n) is 7.19. The van der Waals surface area contributed by atoms with Crippen LogP contribution in [0.25, 0.3) is 0 Å². The van der Waals surface area contributed by atoms with Gasteiger partial charge in [-0.2, -0.15) is 0 Å². The van der Waals surface area contributed by atoms with Crippen LogP contribution in [-0.4, -0.2) is 0 Å². The van der Waals surface area contributed by atoms with Crippen molar-refractivity contribution in [3.05, 3.63) is 36.5 Å². The van der Waals surface area contributed by atoms with Gasteiger partial charge >= 0.3 is 0 Å². The molecule has 0 amide bonds. The lowest BCUT2D eigenvalue weighted by Crippen LogP contribution is -2.38. The Morgan fingerprint density at radius 1 is 0.667 bits per heavy atom. The van der Waals surface area contributed by atoms with Crippen LogP contribution in [0.3, 0.4) is 0 Å². The smallest absolute Gasteiger partial charge is 0.00189 e. The van der Waals surface area contributed by atoms with Gasteiger partial charge in [0, 0.05) is 0 Å². The zero-order valence-corrected chi connectivity index (χ0v) is 7.19. The van der Waals surface area contributed by atoms with Crippen LogP contribution in [0.4, 0.5) is 0 Å². The van der Waals surface area contributed by atoms with Crippen molar-refractivity contribution in [3.63, 3.8) is 0 Å². The van der Waals surface area contributed by atoms with Crippen molar-refractivity contribution in [3.8, 4) is 0 Å². The van der Waals surface area contributed by atoms with Crippen molar-refractivity contribution in [1.82, 2.24) is 0 Å². The Bertz CT molecular complexity index is 242. The first-order chi connectivity index (χ1) is 5.95. The molecule has 1 fully saturated rings. The Morgan fingerprint density at radius 3 is 1.58 bits per heavy atom. The van der Waals surface area contributed by atoms with Gasteiger partial charge in [0.25, 0.3) is 0 Å². The minimum Gasteiger partial charge on any atom is -0.0807 e. The molecule has 0 heterocycles. The Hall–Kier alpha value is -0.780. The number of allylic oxidation sites excluding steroid dienone is 6. The topological polar surface area (TPSA) is 0 Å². The highest BCUT2D eigenvalue weighted by atomic mass is 14.4. The van der Waals surface area contributed by atoms with Crippen molar-refractivity contribution in [2.75, 3.05) is 0 Å². The summed E-state index contributed by atoms with van der Waals surface area (Å²) >= 11 is 0. The van der Waals surface area contributed by atoms with Crippen LogP contribution in [0.5, 0.6) is 0 Å². The number of rotatable bonds is 0. The van der Waals surface area contributed by atoms with E-state index in [2.05, 4.69) is 36.5 Å². The molecule has 4 unspecified atom stereocenters. The van der Waals surface area contributed by atoms with Gasteiger partial charge in [0.1, 0.15) is 0 Å². The highest BCUT2D eigenvalue weighted by Crippen LogP contribution is 2.49. The van der Waals surface area contributed by atoms with Crippen LogP contribution >= 0.6 is 0 Å². The Balaban J connectivity index is 2.03. The van der Waals surface area contributed by atoms with E-state index >= 15 is 0 Å². The van der Waals surface area contributed by atoms with E-state index in [9.17, 15) is 0 Å². The molecule has 0 aromatic heterocycles. The molecule has 1 saturated carbocycles. The van der Waals surface area contributed by atoms with Gasteiger partial charge in [0.05, 0.1) is 0 Å². The molecular weight excluding hydrogens is 144 g/mol. The quantitative estimate of drug-likeness (QED) is 0.475. The highest BCUT2D eigenvalue weighted by Gasteiger charge is 2.40. The first kappa shape index (κ1) is 6.71. The van der Waals surface area contributed by atoms with Crippen LogP contribution in [0.15, 0.2) is 36.5 Å². The second-order valence-electron chi connectivity index (χ2n) is 4.21. The van der Waals surface area contributed by atoms with Crippen molar-refractivity contribution in [2.45, 2.75) is 12.8 Å². The zero-order chi connectivity index (χ0) is 7.97. The Labute approximate surface area is 73.7 Å². The van der Waals surface area contributed by atoms with Crippen LogP contribution in [0.1, 0.15) is 12.8 Å². The summed E-state index contributed by atoms with van der Waals surface area (Å²) in [5, 5.41) is 0. The molecule has 0 aromatic carbocycles. The van der Waals surface area contributed by atoms with E-state index in [1.807, 2.05) is 0 Å².